The van der Waals surface area contributed by atoms with Crippen LogP contribution >= 0.6 is 0 Å². The Morgan fingerprint density at radius 2 is 1.14 bits per heavy atom. The Morgan fingerprint density at radius 1 is 0.694 bits per heavy atom. The fourth-order valence-corrected chi connectivity index (χ4v) is 5.97. The number of aryl methyl sites for hydroxylation is 1. The summed E-state index contributed by atoms with van der Waals surface area (Å²) in [5, 5.41) is 0. The van der Waals surface area contributed by atoms with Crippen LogP contribution in [0.15, 0.2) is 129 Å². The molecule has 0 atom stereocenters. The van der Waals surface area contributed by atoms with Crippen molar-refractivity contribution in [3.05, 3.63) is 120 Å². The molecule has 0 N–H and O–H groups in total. The largest absolute Gasteiger partial charge is 0.744 e. The fourth-order valence-electron chi connectivity index (χ4n) is 3.41. The highest BCUT2D eigenvalue weighted by atomic mass is 32.2. The quantitative estimate of drug-likeness (QED) is 0.194. The monoisotopic (exact) mass is 530 g/mol. The molecule has 4 rings (SSSR count). The third-order valence-corrected chi connectivity index (χ3v) is 8.21. The van der Waals surface area contributed by atoms with Gasteiger partial charge in [0.25, 0.3) is 0 Å². The standard InChI is InChI=1S/C21H21S.C7H5F3O3S/c1-2-9-18-14-16-21(17-15-18)22(19-10-5-3-6-11-19)20-12-7-4-8-13-20;8-7(9,10)5-1-3-6(4-2-5)14(11,12)13/h3-8,10-17H,2,9H2,1H3;1-4H,(H,11,12,13)/q+1;/p-1. The van der Waals surface area contributed by atoms with Crippen LogP contribution in [-0.2, 0) is 33.6 Å². The second-order valence-electron chi connectivity index (χ2n) is 7.80. The molecule has 0 spiro atoms. The maximum Gasteiger partial charge on any atom is 0.416 e. The molecule has 0 aliphatic heterocycles. The van der Waals surface area contributed by atoms with E-state index in [1.165, 1.54) is 26.7 Å². The third-order valence-electron chi connectivity index (χ3n) is 5.13. The zero-order valence-corrected chi connectivity index (χ0v) is 21.1. The van der Waals surface area contributed by atoms with Crippen molar-refractivity contribution in [3.8, 4) is 0 Å². The van der Waals surface area contributed by atoms with E-state index >= 15 is 0 Å². The van der Waals surface area contributed by atoms with Gasteiger partial charge in [0, 0.05) is 0 Å². The normalized spacial score (nSPS) is 11.6. The first-order chi connectivity index (χ1) is 17.1. The maximum absolute atomic E-state index is 12.0. The summed E-state index contributed by atoms with van der Waals surface area (Å²) in [6.45, 7) is 2.23. The smallest absolute Gasteiger partial charge is 0.416 e. The minimum Gasteiger partial charge on any atom is -0.744 e. The fraction of sp³-hybridized carbons (Fsp3) is 0.143. The Morgan fingerprint density at radius 3 is 1.53 bits per heavy atom. The molecule has 0 aliphatic rings. The van der Waals surface area contributed by atoms with Gasteiger partial charge in [-0.1, -0.05) is 61.9 Å². The van der Waals surface area contributed by atoms with Crippen LogP contribution in [0.25, 0.3) is 0 Å². The Hall–Kier alpha value is -3.07. The zero-order valence-electron chi connectivity index (χ0n) is 19.5. The van der Waals surface area contributed by atoms with Crippen LogP contribution < -0.4 is 0 Å². The Balaban J connectivity index is 0.000000223. The molecule has 3 nitrogen and oxygen atoms in total. The maximum atomic E-state index is 12.0. The van der Waals surface area contributed by atoms with Crippen LogP contribution in [0.4, 0.5) is 13.2 Å². The summed E-state index contributed by atoms with van der Waals surface area (Å²) in [6, 6.07) is 33.1. The lowest BCUT2D eigenvalue weighted by Gasteiger charge is -2.09. The van der Waals surface area contributed by atoms with Crippen LogP contribution in [0, 0.1) is 0 Å². The molecule has 0 aliphatic carbocycles. The van der Waals surface area contributed by atoms with Crippen molar-refractivity contribution in [2.75, 3.05) is 0 Å². The molecule has 0 aromatic heterocycles. The van der Waals surface area contributed by atoms with E-state index in [2.05, 4.69) is 91.9 Å². The molecular formula is C28H25F3O3S2. The van der Waals surface area contributed by atoms with Crippen LogP contribution in [0.5, 0.6) is 0 Å². The van der Waals surface area contributed by atoms with E-state index in [-0.39, 0.29) is 10.9 Å². The first-order valence-corrected chi connectivity index (χ1v) is 13.8. The van der Waals surface area contributed by atoms with Gasteiger partial charge < -0.3 is 4.55 Å². The van der Waals surface area contributed by atoms with Gasteiger partial charge in [-0.3, -0.25) is 0 Å². The molecule has 4 aromatic carbocycles. The lowest BCUT2D eigenvalue weighted by Crippen LogP contribution is -2.05. The predicted octanol–water partition coefficient (Wildman–Crippen LogP) is 7.34. The molecule has 36 heavy (non-hydrogen) atoms. The number of alkyl halides is 3. The number of benzene rings is 4. The predicted molar refractivity (Wildman–Crippen MR) is 135 cm³/mol. The first-order valence-electron chi connectivity index (χ1n) is 11.2. The SMILES string of the molecule is CCCc1ccc([S+](c2ccccc2)c2ccccc2)cc1.O=S(=O)([O-])c1ccc(C(F)(F)F)cc1. The number of hydrogen-bond acceptors (Lipinski definition) is 3. The van der Waals surface area contributed by atoms with E-state index in [1.54, 1.807) is 0 Å². The van der Waals surface area contributed by atoms with Crippen LogP contribution in [0.3, 0.4) is 0 Å². The highest BCUT2D eigenvalue weighted by molar-refractivity contribution is 7.97. The first kappa shape index (κ1) is 27.5. The van der Waals surface area contributed by atoms with Gasteiger partial charge in [0.2, 0.25) is 0 Å². The summed E-state index contributed by atoms with van der Waals surface area (Å²) in [5.41, 5.74) is 0.431. The molecule has 0 saturated carbocycles. The van der Waals surface area contributed by atoms with Crippen LogP contribution in [-0.4, -0.2) is 13.0 Å². The minimum atomic E-state index is -4.68. The van der Waals surface area contributed by atoms with E-state index < -0.39 is 26.8 Å². The minimum absolute atomic E-state index is 0.0268. The van der Waals surface area contributed by atoms with E-state index in [4.69, 9.17) is 0 Å². The van der Waals surface area contributed by atoms with Crippen molar-refractivity contribution < 1.29 is 26.1 Å². The van der Waals surface area contributed by atoms with Crippen LogP contribution in [0.2, 0.25) is 0 Å². The molecule has 0 bridgehead atoms. The number of hydrogen-bond donors (Lipinski definition) is 0. The molecule has 8 heteroatoms. The lowest BCUT2D eigenvalue weighted by atomic mass is 10.1. The van der Waals surface area contributed by atoms with E-state index in [0.717, 1.165) is 6.42 Å². The summed E-state index contributed by atoms with van der Waals surface area (Å²) in [5.74, 6) is 0. The Labute approximate surface area is 212 Å². The van der Waals surface area contributed by atoms with Gasteiger partial charge in [-0.2, -0.15) is 13.2 Å². The van der Waals surface area contributed by atoms with Crippen molar-refractivity contribution in [2.45, 2.75) is 45.5 Å². The molecule has 0 fully saturated rings. The van der Waals surface area contributed by atoms with Gasteiger partial charge in [0.1, 0.15) is 10.1 Å². The average molecular weight is 531 g/mol. The molecule has 0 heterocycles. The summed E-state index contributed by atoms with van der Waals surface area (Å²) < 4.78 is 67.0. The summed E-state index contributed by atoms with van der Waals surface area (Å²) in [7, 11) is -4.71. The molecular weight excluding hydrogens is 505 g/mol. The lowest BCUT2D eigenvalue weighted by molar-refractivity contribution is -0.137. The topological polar surface area (TPSA) is 57.2 Å². The second-order valence-corrected chi connectivity index (χ2v) is 11.2. The molecule has 0 radical (unpaired) electrons. The van der Waals surface area contributed by atoms with Gasteiger partial charge in [-0.25, -0.2) is 8.42 Å². The van der Waals surface area contributed by atoms with E-state index in [1.807, 2.05) is 0 Å². The Bertz CT molecular complexity index is 1280. The number of halogens is 3. The molecule has 0 amide bonds. The van der Waals surface area contributed by atoms with Crippen molar-refractivity contribution in [1.29, 1.82) is 0 Å². The highest BCUT2D eigenvalue weighted by Gasteiger charge is 2.30. The number of rotatable bonds is 6. The van der Waals surface area contributed by atoms with Crippen molar-refractivity contribution in [3.63, 3.8) is 0 Å². The van der Waals surface area contributed by atoms with Gasteiger partial charge in [0.05, 0.1) is 21.4 Å². The molecule has 0 saturated heterocycles. The average Bonchev–Trinajstić information content (AvgIpc) is 2.86. The summed E-state index contributed by atoms with van der Waals surface area (Å²) in [6.07, 6.45) is -2.18. The van der Waals surface area contributed by atoms with Gasteiger partial charge in [-0.15, -0.1) is 0 Å². The van der Waals surface area contributed by atoms with Crippen LogP contribution in [0.1, 0.15) is 24.5 Å². The Kier molecular flexibility index (Phi) is 9.37. The van der Waals surface area contributed by atoms with Crippen molar-refractivity contribution in [1.82, 2.24) is 0 Å². The van der Waals surface area contributed by atoms with Crippen molar-refractivity contribution >= 4 is 21.0 Å². The van der Waals surface area contributed by atoms with E-state index in [0.29, 0.717) is 24.3 Å². The zero-order chi connectivity index (χ0) is 26.2. The molecule has 0 unspecified atom stereocenters. The van der Waals surface area contributed by atoms with E-state index in [9.17, 15) is 26.1 Å². The van der Waals surface area contributed by atoms with Gasteiger partial charge >= 0.3 is 6.18 Å². The summed E-state index contributed by atoms with van der Waals surface area (Å²) >= 11 is 0. The second kappa shape index (κ2) is 12.3. The highest BCUT2D eigenvalue weighted by Crippen LogP contribution is 2.31. The van der Waals surface area contributed by atoms with Crippen molar-refractivity contribution in [2.24, 2.45) is 0 Å². The molecule has 188 valence electrons. The summed E-state index contributed by atoms with van der Waals surface area (Å²) in [4.78, 5) is 3.46. The van der Waals surface area contributed by atoms with Gasteiger partial charge in [-0.05, 0) is 72.6 Å². The molecule has 4 aromatic rings. The van der Waals surface area contributed by atoms with Gasteiger partial charge in [0.15, 0.2) is 14.7 Å². The third kappa shape index (κ3) is 7.71.